The van der Waals surface area contributed by atoms with Crippen LogP contribution in [0.5, 0.6) is 0 Å². The Morgan fingerprint density at radius 3 is 2.59 bits per heavy atom. The maximum atomic E-state index is 13.0. The van der Waals surface area contributed by atoms with Crippen LogP contribution in [0.4, 0.5) is 11.6 Å². The fraction of sp³-hybridized carbons (Fsp3) is 0.385. The van der Waals surface area contributed by atoms with Crippen molar-refractivity contribution in [2.75, 3.05) is 10.6 Å². The standard InChI is InChI=1S/C26H31N7O.2H2/c1-17(2)33-25(31-32(33)3)21-10-7-11-23(28-21)30-26(34)19-13-12-18-14-15-24(29-22(18)16-19)27-20-8-5-4-6-9-20;;/h7,10-17,20H,4-6,8-9H2,1-3H3,(H,27,29)(H,28,30,34);2*1H. The number of benzene rings is 1. The monoisotopic (exact) mass is 461 g/mol. The van der Waals surface area contributed by atoms with E-state index < -0.39 is 0 Å². The zero-order valence-electron chi connectivity index (χ0n) is 20.0. The quantitative estimate of drug-likeness (QED) is 0.373. The van der Waals surface area contributed by atoms with Crippen LogP contribution in [0.15, 0.2) is 48.5 Å². The minimum Gasteiger partial charge on any atom is -0.367 e. The number of anilines is 2. The molecule has 0 saturated heterocycles. The molecule has 0 aliphatic heterocycles. The van der Waals surface area contributed by atoms with Gasteiger partial charge in [0.15, 0.2) is 5.82 Å². The molecular weight excluding hydrogens is 426 g/mol. The average molecular weight is 462 g/mol. The number of pyridine rings is 2. The first kappa shape index (κ1) is 22.1. The third kappa shape index (κ3) is 4.53. The fourth-order valence-electron chi connectivity index (χ4n) is 4.69. The Morgan fingerprint density at radius 2 is 1.82 bits per heavy atom. The second-order valence-corrected chi connectivity index (χ2v) is 9.30. The zero-order valence-corrected chi connectivity index (χ0v) is 20.0. The number of carbonyl (C=O) groups is 1. The number of aromatic nitrogens is 5. The van der Waals surface area contributed by atoms with Crippen LogP contribution in [-0.2, 0) is 7.05 Å². The van der Waals surface area contributed by atoms with E-state index in [1.54, 1.807) is 10.9 Å². The zero-order chi connectivity index (χ0) is 23.7. The van der Waals surface area contributed by atoms with Gasteiger partial charge < -0.3 is 10.6 Å². The molecule has 4 aromatic rings. The lowest BCUT2D eigenvalue weighted by Crippen LogP contribution is -2.28. The fourth-order valence-corrected chi connectivity index (χ4v) is 4.69. The highest BCUT2D eigenvalue weighted by Gasteiger charge is 2.18. The summed E-state index contributed by atoms with van der Waals surface area (Å²) >= 11 is 0. The first-order valence-corrected chi connectivity index (χ1v) is 12.1. The van der Waals surface area contributed by atoms with Crippen LogP contribution < -0.4 is 10.6 Å². The van der Waals surface area contributed by atoms with Crippen molar-refractivity contribution < 1.29 is 7.65 Å². The van der Waals surface area contributed by atoms with Crippen molar-refractivity contribution in [3.63, 3.8) is 0 Å². The normalized spacial score (nSPS) is 14.6. The second-order valence-electron chi connectivity index (χ2n) is 9.30. The lowest BCUT2D eigenvalue weighted by molar-refractivity contribution is 0.102. The minimum atomic E-state index is -0.215. The van der Waals surface area contributed by atoms with Crippen LogP contribution >= 0.6 is 0 Å². The Hall–Kier alpha value is -3.68. The highest BCUT2D eigenvalue weighted by atomic mass is 16.1. The van der Waals surface area contributed by atoms with E-state index in [1.807, 2.05) is 43.4 Å². The van der Waals surface area contributed by atoms with Crippen molar-refractivity contribution in [1.82, 2.24) is 24.5 Å². The van der Waals surface area contributed by atoms with E-state index >= 15 is 0 Å². The molecule has 8 nitrogen and oxygen atoms in total. The lowest BCUT2D eigenvalue weighted by atomic mass is 9.95. The summed E-state index contributed by atoms with van der Waals surface area (Å²) in [5.41, 5.74) is 2.07. The maximum Gasteiger partial charge on any atom is 0.256 e. The third-order valence-electron chi connectivity index (χ3n) is 6.39. The Balaban J connectivity index is 0.00000180. The number of fused-ring (bicyclic) bond motifs is 1. The summed E-state index contributed by atoms with van der Waals surface area (Å²) in [6, 6.07) is 16.0. The molecule has 180 valence electrons. The van der Waals surface area contributed by atoms with Crippen LogP contribution in [0.3, 0.4) is 0 Å². The van der Waals surface area contributed by atoms with Crippen LogP contribution in [0.2, 0.25) is 0 Å². The highest BCUT2D eigenvalue weighted by molar-refractivity contribution is 6.05. The Morgan fingerprint density at radius 1 is 1.03 bits per heavy atom. The van der Waals surface area contributed by atoms with Gasteiger partial charge in [-0.05, 0) is 63.1 Å². The Kier molecular flexibility index (Phi) is 6.04. The molecule has 34 heavy (non-hydrogen) atoms. The van der Waals surface area contributed by atoms with Gasteiger partial charge in [-0.3, -0.25) is 4.79 Å². The van der Waals surface area contributed by atoms with Crippen molar-refractivity contribution in [3.05, 3.63) is 54.1 Å². The molecule has 0 atom stereocenters. The minimum absolute atomic E-state index is 0. The van der Waals surface area contributed by atoms with Crippen molar-refractivity contribution in [1.29, 1.82) is 0 Å². The van der Waals surface area contributed by atoms with Crippen molar-refractivity contribution in [2.45, 2.75) is 58.0 Å². The van der Waals surface area contributed by atoms with Gasteiger partial charge in [0.05, 0.1) is 5.52 Å². The van der Waals surface area contributed by atoms with Crippen molar-refractivity contribution in [2.24, 2.45) is 7.05 Å². The molecule has 1 fully saturated rings. The van der Waals surface area contributed by atoms with E-state index in [1.165, 1.54) is 32.1 Å². The highest BCUT2D eigenvalue weighted by Crippen LogP contribution is 2.24. The van der Waals surface area contributed by atoms with Crippen LogP contribution in [0, 0.1) is 0 Å². The number of nitrogens with zero attached hydrogens (tertiary/aromatic N) is 5. The summed E-state index contributed by atoms with van der Waals surface area (Å²) in [5.74, 6) is 1.94. The van der Waals surface area contributed by atoms with Crippen molar-refractivity contribution >= 4 is 28.4 Å². The van der Waals surface area contributed by atoms with Gasteiger partial charge in [-0.15, -0.1) is 5.10 Å². The first-order chi connectivity index (χ1) is 16.5. The lowest BCUT2D eigenvalue weighted by Gasteiger charge is -2.24. The van der Waals surface area contributed by atoms with E-state index in [9.17, 15) is 4.79 Å². The SMILES string of the molecule is CC(C)n1c(-c2cccc(NC(=O)c3ccc4ccc(NC5CCCCC5)nc4c3)n2)nn1C.[HH].[HH]. The number of hydrogen-bond donors (Lipinski definition) is 2. The van der Waals surface area contributed by atoms with Gasteiger partial charge in [-0.1, -0.05) is 31.4 Å². The summed E-state index contributed by atoms with van der Waals surface area (Å²) in [6.45, 7) is 4.20. The van der Waals surface area contributed by atoms with Crippen LogP contribution in [0.25, 0.3) is 22.4 Å². The molecule has 0 bridgehead atoms. The summed E-state index contributed by atoms with van der Waals surface area (Å²) in [4.78, 5) is 24.2. The molecule has 5 rings (SSSR count). The van der Waals surface area contributed by atoms with E-state index in [2.05, 4.69) is 45.3 Å². The third-order valence-corrected chi connectivity index (χ3v) is 6.39. The second kappa shape index (κ2) is 9.29. The smallest absolute Gasteiger partial charge is 0.256 e. The molecule has 3 heterocycles. The Bertz CT molecular complexity index is 1330. The van der Waals surface area contributed by atoms with Crippen molar-refractivity contribution in [3.8, 4) is 11.5 Å². The van der Waals surface area contributed by atoms with Gasteiger partial charge in [0, 0.05) is 32.9 Å². The van der Waals surface area contributed by atoms with Gasteiger partial charge >= 0.3 is 0 Å². The van der Waals surface area contributed by atoms with Gasteiger partial charge in [0.25, 0.3) is 5.91 Å². The molecule has 1 saturated carbocycles. The number of hydrogen-bond acceptors (Lipinski definition) is 5. The number of aryl methyl sites for hydroxylation is 1. The van der Waals surface area contributed by atoms with E-state index in [0.717, 1.165) is 28.2 Å². The summed E-state index contributed by atoms with van der Waals surface area (Å²) in [7, 11) is 1.90. The van der Waals surface area contributed by atoms with Gasteiger partial charge in [-0.25, -0.2) is 19.4 Å². The van der Waals surface area contributed by atoms with Gasteiger partial charge in [0.2, 0.25) is 0 Å². The predicted molar refractivity (Wildman–Crippen MR) is 139 cm³/mol. The largest absolute Gasteiger partial charge is 0.367 e. The maximum absolute atomic E-state index is 13.0. The first-order valence-electron chi connectivity index (χ1n) is 12.1. The van der Waals surface area contributed by atoms with Crippen LogP contribution in [0.1, 0.15) is 65.2 Å². The molecule has 0 radical (unpaired) electrons. The molecule has 1 aliphatic rings. The number of carbonyl (C=O) groups excluding carboxylic acids is 1. The van der Waals surface area contributed by atoms with Gasteiger partial charge in [-0.2, -0.15) is 0 Å². The molecule has 0 spiro atoms. The molecule has 2 N–H and O–H groups in total. The number of nitrogens with one attached hydrogen (secondary N) is 2. The number of amides is 1. The summed E-state index contributed by atoms with van der Waals surface area (Å²) in [6.07, 6.45) is 6.23. The van der Waals surface area contributed by atoms with E-state index in [4.69, 9.17) is 4.98 Å². The van der Waals surface area contributed by atoms with Crippen LogP contribution in [-0.4, -0.2) is 36.5 Å². The molecule has 3 aromatic heterocycles. The predicted octanol–water partition coefficient (Wildman–Crippen LogP) is 5.90. The molecular formula is C26H35N7O. The van der Waals surface area contributed by atoms with E-state index in [0.29, 0.717) is 17.4 Å². The molecule has 1 aromatic carbocycles. The summed E-state index contributed by atoms with van der Waals surface area (Å²) in [5, 5.41) is 11.9. The number of rotatable bonds is 6. The topological polar surface area (TPSA) is 89.7 Å². The molecule has 0 unspecified atom stereocenters. The summed E-state index contributed by atoms with van der Waals surface area (Å²) < 4.78 is 2.06. The Labute approximate surface area is 202 Å². The molecule has 8 heteroatoms. The average Bonchev–Trinajstić information content (AvgIpc) is 2.82. The molecule has 1 aliphatic carbocycles. The van der Waals surface area contributed by atoms with E-state index in [-0.39, 0.29) is 14.8 Å². The molecule has 1 amide bonds. The van der Waals surface area contributed by atoms with Gasteiger partial charge in [0.1, 0.15) is 17.3 Å².